The van der Waals surface area contributed by atoms with E-state index < -0.39 is 12.1 Å². The van der Waals surface area contributed by atoms with E-state index >= 15 is 0 Å². The molecule has 0 radical (unpaired) electrons. The predicted octanol–water partition coefficient (Wildman–Crippen LogP) is 3.56. The molecule has 1 amide bonds. The molecule has 2 N–H and O–H groups in total. The number of benzene rings is 2. The maximum atomic E-state index is 11.9. The first kappa shape index (κ1) is 16.8. The first-order valence-corrected chi connectivity index (χ1v) is 8.07. The lowest BCUT2D eigenvalue weighted by Gasteiger charge is -2.14. The second kappa shape index (κ2) is 7.21. The number of amides is 1. The summed E-state index contributed by atoms with van der Waals surface area (Å²) in [4.78, 5) is 22.6. The van der Waals surface area contributed by atoms with Gasteiger partial charge in [-0.05, 0) is 29.2 Å². The summed E-state index contributed by atoms with van der Waals surface area (Å²) in [5, 5.41) is 11.3. The highest BCUT2D eigenvalue weighted by Crippen LogP contribution is 2.44. The maximum absolute atomic E-state index is 11.9. The molecule has 128 valence electrons. The van der Waals surface area contributed by atoms with Crippen LogP contribution in [0.2, 0.25) is 0 Å². The number of ether oxygens (including phenoxy) is 1. The van der Waals surface area contributed by atoms with Crippen molar-refractivity contribution in [1.82, 2.24) is 5.32 Å². The average Bonchev–Trinajstić information content (AvgIpc) is 2.94. The summed E-state index contributed by atoms with van der Waals surface area (Å²) in [5.41, 5.74) is 4.83. The zero-order valence-electron chi connectivity index (χ0n) is 13.9. The Hall–Kier alpha value is -3.08. The molecule has 3 rings (SSSR count). The summed E-state index contributed by atoms with van der Waals surface area (Å²) in [5.74, 6) is -0.996. The van der Waals surface area contributed by atoms with Gasteiger partial charge in [-0.3, -0.25) is 0 Å². The minimum Gasteiger partial charge on any atom is -0.478 e. The van der Waals surface area contributed by atoms with Gasteiger partial charge in [-0.1, -0.05) is 54.6 Å². The summed E-state index contributed by atoms with van der Waals surface area (Å²) < 4.78 is 5.36. The van der Waals surface area contributed by atoms with Crippen LogP contribution in [-0.2, 0) is 9.53 Å². The average molecular weight is 337 g/mol. The van der Waals surface area contributed by atoms with E-state index in [4.69, 9.17) is 9.84 Å². The summed E-state index contributed by atoms with van der Waals surface area (Å²) >= 11 is 0. The molecule has 0 aliphatic heterocycles. The molecule has 0 saturated carbocycles. The topological polar surface area (TPSA) is 75.6 Å². The standard InChI is InChI=1S/C20H19NO4/c1-13(19(22)23)10-11-21-20(24)25-12-18-16-8-4-2-6-14(16)15-7-3-5-9-17(15)18/h2-10,18H,11-12H2,1H3,(H,21,24)(H,22,23)/b13-10+. The SMILES string of the molecule is C/C(=C\CNC(=O)OCC1c2ccccc2-c2ccccc21)C(=O)O. The number of aliphatic carboxylic acids is 1. The van der Waals surface area contributed by atoms with Crippen molar-refractivity contribution >= 4 is 12.1 Å². The quantitative estimate of drug-likeness (QED) is 0.818. The van der Waals surface area contributed by atoms with Crippen LogP contribution in [0.1, 0.15) is 24.0 Å². The second-order valence-corrected chi connectivity index (χ2v) is 5.90. The van der Waals surface area contributed by atoms with Crippen LogP contribution in [0.3, 0.4) is 0 Å². The van der Waals surface area contributed by atoms with Crippen LogP contribution >= 0.6 is 0 Å². The largest absolute Gasteiger partial charge is 0.478 e. The first-order chi connectivity index (χ1) is 12.1. The zero-order chi connectivity index (χ0) is 17.8. The minimum atomic E-state index is -1.01. The number of hydrogen-bond donors (Lipinski definition) is 2. The molecule has 1 aliphatic carbocycles. The van der Waals surface area contributed by atoms with Crippen molar-refractivity contribution in [2.24, 2.45) is 0 Å². The van der Waals surface area contributed by atoms with Crippen LogP contribution in [0.15, 0.2) is 60.2 Å². The van der Waals surface area contributed by atoms with E-state index in [1.807, 2.05) is 24.3 Å². The Balaban J connectivity index is 1.65. The highest BCUT2D eigenvalue weighted by atomic mass is 16.5. The van der Waals surface area contributed by atoms with E-state index in [9.17, 15) is 9.59 Å². The van der Waals surface area contributed by atoms with Gasteiger partial charge < -0.3 is 15.2 Å². The molecule has 1 aliphatic rings. The fourth-order valence-electron chi connectivity index (χ4n) is 3.02. The summed E-state index contributed by atoms with van der Waals surface area (Å²) in [6.45, 7) is 1.83. The van der Waals surface area contributed by atoms with E-state index in [-0.39, 0.29) is 24.6 Å². The third kappa shape index (κ3) is 3.55. The van der Waals surface area contributed by atoms with E-state index in [1.54, 1.807) is 0 Å². The second-order valence-electron chi connectivity index (χ2n) is 5.90. The van der Waals surface area contributed by atoms with E-state index in [1.165, 1.54) is 24.1 Å². The number of hydrogen-bond acceptors (Lipinski definition) is 3. The number of fused-ring (bicyclic) bond motifs is 3. The van der Waals surface area contributed by atoms with E-state index in [0.717, 1.165) is 11.1 Å². The van der Waals surface area contributed by atoms with Crippen LogP contribution in [0.4, 0.5) is 4.79 Å². The van der Waals surface area contributed by atoms with Gasteiger partial charge in [0.15, 0.2) is 0 Å². The first-order valence-electron chi connectivity index (χ1n) is 8.07. The molecule has 0 unspecified atom stereocenters. The smallest absolute Gasteiger partial charge is 0.407 e. The number of nitrogens with one attached hydrogen (secondary N) is 1. The van der Waals surface area contributed by atoms with Crippen molar-refractivity contribution < 1.29 is 19.4 Å². The van der Waals surface area contributed by atoms with Gasteiger partial charge in [0.2, 0.25) is 0 Å². The van der Waals surface area contributed by atoms with Gasteiger partial charge >= 0.3 is 12.1 Å². The summed E-state index contributed by atoms with van der Waals surface area (Å²) in [6, 6.07) is 16.2. The van der Waals surface area contributed by atoms with Crippen molar-refractivity contribution in [3.05, 3.63) is 71.3 Å². The minimum absolute atomic E-state index is 0.00875. The fourth-order valence-corrected chi connectivity index (χ4v) is 3.02. The third-order valence-corrected chi connectivity index (χ3v) is 4.34. The Kier molecular flexibility index (Phi) is 4.84. The van der Waals surface area contributed by atoms with Crippen molar-refractivity contribution in [3.63, 3.8) is 0 Å². The monoisotopic (exact) mass is 337 g/mol. The number of carbonyl (C=O) groups excluding carboxylic acids is 1. The Labute approximate surface area is 145 Å². The Bertz CT molecular complexity index is 796. The number of carboxylic acids is 1. The molecule has 5 nitrogen and oxygen atoms in total. The molecule has 0 spiro atoms. The van der Waals surface area contributed by atoms with Gasteiger partial charge in [0.25, 0.3) is 0 Å². The molecule has 0 saturated heterocycles. The highest BCUT2D eigenvalue weighted by molar-refractivity contribution is 5.85. The predicted molar refractivity (Wildman–Crippen MR) is 94.5 cm³/mol. The summed E-state index contributed by atoms with van der Waals surface area (Å²) in [6.07, 6.45) is 0.875. The van der Waals surface area contributed by atoms with E-state index in [0.29, 0.717) is 0 Å². The number of alkyl carbamates (subject to hydrolysis) is 1. The van der Waals surface area contributed by atoms with Crippen LogP contribution in [0, 0.1) is 0 Å². The van der Waals surface area contributed by atoms with Crippen LogP contribution in [0.25, 0.3) is 11.1 Å². The number of carboxylic acid groups (broad SMARTS) is 1. The fraction of sp³-hybridized carbons (Fsp3) is 0.200. The van der Waals surface area contributed by atoms with Crippen LogP contribution < -0.4 is 5.32 Å². The number of carbonyl (C=O) groups is 2. The van der Waals surface area contributed by atoms with Gasteiger partial charge in [0.05, 0.1) is 0 Å². The normalized spacial score (nSPS) is 13.1. The molecule has 0 aromatic heterocycles. The van der Waals surface area contributed by atoms with Crippen molar-refractivity contribution in [3.8, 4) is 11.1 Å². The van der Waals surface area contributed by atoms with Gasteiger partial charge in [0, 0.05) is 18.0 Å². The summed E-state index contributed by atoms with van der Waals surface area (Å²) in [7, 11) is 0. The third-order valence-electron chi connectivity index (χ3n) is 4.34. The number of rotatable bonds is 5. The molecular formula is C20H19NO4. The zero-order valence-corrected chi connectivity index (χ0v) is 13.9. The lowest BCUT2D eigenvalue weighted by molar-refractivity contribution is -0.132. The van der Waals surface area contributed by atoms with Gasteiger partial charge in [-0.2, -0.15) is 0 Å². The molecule has 0 heterocycles. The maximum Gasteiger partial charge on any atom is 0.407 e. The van der Waals surface area contributed by atoms with Gasteiger partial charge in [0.1, 0.15) is 6.61 Å². The van der Waals surface area contributed by atoms with Crippen LogP contribution in [0.5, 0.6) is 0 Å². The lowest BCUT2D eigenvalue weighted by Crippen LogP contribution is -2.26. The molecule has 0 atom stereocenters. The van der Waals surface area contributed by atoms with Crippen molar-refractivity contribution in [1.29, 1.82) is 0 Å². The van der Waals surface area contributed by atoms with Crippen molar-refractivity contribution in [2.75, 3.05) is 13.2 Å². The lowest BCUT2D eigenvalue weighted by atomic mass is 9.98. The van der Waals surface area contributed by atoms with Gasteiger partial charge in [-0.25, -0.2) is 9.59 Å². The Morgan fingerprint density at radius 3 is 2.20 bits per heavy atom. The van der Waals surface area contributed by atoms with E-state index in [2.05, 4.69) is 29.6 Å². The molecule has 2 aromatic rings. The molecule has 0 fully saturated rings. The van der Waals surface area contributed by atoms with Gasteiger partial charge in [-0.15, -0.1) is 0 Å². The van der Waals surface area contributed by atoms with Crippen LogP contribution in [-0.4, -0.2) is 30.3 Å². The molecular weight excluding hydrogens is 318 g/mol. The molecule has 2 aromatic carbocycles. The van der Waals surface area contributed by atoms with Crippen molar-refractivity contribution in [2.45, 2.75) is 12.8 Å². The molecule has 25 heavy (non-hydrogen) atoms. The Morgan fingerprint density at radius 1 is 1.08 bits per heavy atom. The molecule has 5 heteroatoms. The Morgan fingerprint density at radius 2 is 1.64 bits per heavy atom. The molecule has 0 bridgehead atoms. The highest BCUT2D eigenvalue weighted by Gasteiger charge is 2.28.